The van der Waals surface area contributed by atoms with E-state index in [0.29, 0.717) is 0 Å². The van der Waals surface area contributed by atoms with Crippen molar-refractivity contribution in [2.45, 2.75) is 64.5 Å². The summed E-state index contributed by atoms with van der Waals surface area (Å²) in [7, 11) is 0. The maximum absolute atomic E-state index is 5.02. The van der Waals surface area contributed by atoms with Gasteiger partial charge in [-0.15, -0.1) is 5.10 Å². The third-order valence-electron chi connectivity index (χ3n) is 6.41. The van der Waals surface area contributed by atoms with Gasteiger partial charge in [-0.2, -0.15) is 4.52 Å². The highest BCUT2D eigenvalue weighted by molar-refractivity contribution is 7.20. The van der Waals surface area contributed by atoms with Gasteiger partial charge in [-0.1, -0.05) is 60.9 Å². The summed E-state index contributed by atoms with van der Waals surface area (Å²) in [5, 5.41) is 9.76. The molecule has 0 unspecified atom stereocenters. The molecule has 7 heteroatoms. The molecule has 0 amide bonds. The lowest BCUT2D eigenvalue weighted by Crippen LogP contribution is -2.50. The van der Waals surface area contributed by atoms with E-state index in [1.54, 1.807) is 11.3 Å². The number of fused-ring (bicyclic) bond motifs is 1. The van der Waals surface area contributed by atoms with Crippen molar-refractivity contribution in [2.24, 2.45) is 0 Å². The smallest absolute Gasteiger partial charge is 0.216 e. The van der Waals surface area contributed by atoms with Crippen LogP contribution in [-0.4, -0.2) is 57.3 Å². The maximum atomic E-state index is 5.02. The van der Waals surface area contributed by atoms with Crippen LogP contribution in [0.5, 0.6) is 0 Å². The quantitative estimate of drug-likeness (QED) is 0.612. The standard InChI is InChI=1S/C24H34N6S/c1-24(2,3)26-21-20(18-10-6-4-7-11-18)25-22-30(21)27-23(31-22)29-16-14-28(15-17-29)19-12-8-5-9-13-19/h4,6-7,10-11,19,26H,5,8-9,12-17H2,1-3H3. The Morgan fingerprint density at radius 2 is 1.68 bits per heavy atom. The number of hydrogen-bond donors (Lipinski definition) is 1. The summed E-state index contributed by atoms with van der Waals surface area (Å²) < 4.78 is 2.01. The van der Waals surface area contributed by atoms with Gasteiger partial charge in [-0.3, -0.25) is 4.90 Å². The van der Waals surface area contributed by atoms with Gasteiger partial charge >= 0.3 is 0 Å². The number of nitrogens with zero attached hydrogens (tertiary/aromatic N) is 5. The Balaban J connectivity index is 1.39. The predicted molar refractivity (Wildman–Crippen MR) is 130 cm³/mol. The Kier molecular flexibility index (Phi) is 5.65. The fraction of sp³-hybridized carbons (Fsp3) is 0.583. The van der Waals surface area contributed by atoms with E-state index in [2.05, 4.69) is 60.2 Å². The van der Waals surface area contributed by atoms with Crippen LogP contribution in [0.15, 0.2) is 30.3 Å². The first kappa shape index (κ1) is 20.8. The lowest BCUT2D eigenvalue weighted by atomic mass is 9.94. The van der Waals surface area contributed by atoms with Crippen molar-refractivity contribution >= 4 is 27.2 Å². The van der Waals surface area contributed by atoms with Crippen LogP contribution in [0.4, 0.5) is 10.9 Å². The number of hydrogen-bond acceptors (Lipinski definition) is 6. The van der Waals surface area contributed by atoms with Crippen LogP contribution < -0.4 is 10.2 Å². The van der Waals surface area contributed by atoms with E-state index >= 15 is 0 Å². The molecule has 0 atom stereocenters. The molecule has 1 aliphatic carbocycles. The van der Waals surface area contributed by atoms with Gasteiger partial charge in [0.05, 0.1) is 0 Å². The molecule has 31 heavy (non-hydrogen) atoms. The van der Waals surface area contributed by atoms with Crippen LogP contribution in [0.3, 0.4) is 0 Å². The molecule has 2 fully saturated rings. The summed E-state index contributed by atoms with van der Waals surface area (Å²) in [4.78, 5) is 11.1. The molecular weight excluding hydrogens is 404 g/mol. The number of aromatic nitrogens is 3. The molecule has 2 aliphatic rings. The van der Waals surface area contributed by atoms with Crippen LogP contribution in [0, 0.1) is 0 Å². The molecule has 6 nitrogen and oxygen atoms in total. The minimum Gasteiger partial charge on any atom is -0.364 e. The van der Waals surface area contributed by atoms with Gasteiger partial charge in [0.2, 0.25) is 10.1 Å². The van der Waals surface area contributed by atoms with Gasteiger partial charge in [0, 0.05) is 43.3 Å². The van der Waals surface area contributed by atoms with Crippen LogP contribution in [0.1, 0.15) is 52.9 Å². The van der Waals surface area contributed by atoms with Crippen molar-refractivity contribution in [1.82, 2.24) is 19.5 Å². The Hall–Kier alpha value is -2.12. The number of rotatable bonds is 4. The number of nitrogens with one attached hydrogen (secondary N) is 1. The zero-order valence-corrected chi connectivity index (χ0v) is 19.8. The zero-order chi connectivity index (χ0) is 21.4. The second-order valence-electron chi connectivity index (χ2n) is 9.94. The molecule has 1 aromatic carbocycles. The lowest BCUT2D eigenvalue weighted by molar-refractivity contribution is 0.148. The second kappa shape index (κ2) is 8.43. The summed E-state index contributed by atoms with van der Waals surface area (Å²) in [6.45, 7) is 10.9. The van der Waals surface area contributed by atoms with E-state index < -0.39 is 0 Å². The van der Waals surface area contributed by atoms with E-state index in [9.17, 15) is 0 Å². The molecule has 166 valence electrons. The topological polar surface area (TPSA) is 48.7 Å². The molecule has 0 spiro atoms. The van der Waals surface area contributed by atoms with Crippen molar-refractivity contribution < 1.29 is 0 Å². The molecule has 1 aliphatic heterocycles. The van der Waals surface area contributed by atoms with Crippen molar-refractivity contribution in [3.8, 4) is 11.3 Å². The summed E-state index contributed by atoms with van der Waals surface area (Å²) in [5.74, 6) is 0.983. The van der Waals surface area contributed by atoms with Gasteiger partial charge < -0.3 is 10.2 Å². The van der Waals surface area contributed by atoms with Crippen molar-refractivity contribution in [1.29, 1.82) is 0 Å². The van der Waals surface area contributed by atoms with E-state index in [1.807, 2.05) is 10.6 Å². The Labute approximate surface area is 189 Å². The second-order valence-corrected chi connectivity index (χ2v) is 10.9. The van der Waals surface area contributed by atoms with E-state index in [-0.39, 0.29) is 5.54 Å². The monoisotopic (exact) mass is 438 g/mol. The third-order valence-corrected chi connectivity index (χ3v) is 7.38. The van der Waals surface area contributed by atoms with Gasteiger partial charge in [0.15, 0.2) is 5.82 Å². The number of anilines is 2. The normalized spacial score (nSPS) is 19.3. The molecular formula is C24H34N6S. The molecule has 0 bridgehead atoms. The van der Waals surface area contributed by atoms with Gasteiger partial charge in [0.25, 0.3) is 0 Å². The van der Waals surface area contributed by atoms with Crippen LogP contribution in [0.25, 0.3) is 16.2 Å². The fourth-order valence-electron chi connectivity index (χ4n) is 4.86. The molecule has 1 saturated carbocycles. The molecule has 1 saturated heterocycles. The minimum absolute atomic E-state index is 0.0745. The summed E-state index contributed by atoms with van der Waals surface area (Å²) in [6, 6.07) is 11.2. The maximum Gasteiger partial charge on any atom is 0.216 e. The molecule has 0 radical (unpaired) electrons. The largest absolute Gasteiger partial charge is 0.364 e. The Bertz CT molecular complexity index is 1000. The van der Waals surface area contributed by atoms with Crippen LogP contribution in [0.2, 0.25) is 0 Å². The first-order valence-electron chi connectivity index (χ1n) is 11.7. The molecule has 3 aromatic rings. The van der Waals surface area contributed by atoms with E-state index in [4.69, 9.17) is 10.1 Å². The van der Waals surface area contributed by atoms with Gasteiger partial charge in [-0.05, 0) is 33.6 Å². The third kappa shape index (κ3) is 4.44. The fourth-order valence-corrected chi connectivity index (χ4v) is 5.81. The molecule has 1 N–H and O–H groups in total. The summed E-state index contributed by atoms with van der Waals surface area (Å²) in [6.07, 6.45) is 7.00. The SMILES string of the molecule is CC(C)(C)Nc1c(-c2ccccc2)nc2sc(N3CCN(C4CCCCC4)CC3)nn12. The van der Waals surface area contributed by atoms with Crippen molar-refractivity contribution in [2.75, 3.05) is 36.4 Å². The van der Waals surface area contributed by atoms with Crippen molar-refractivity contribution in [3.05, 3.63) is 30.3 Å². The average Bonchev–Trinajstić information content (AvgIpc) is 3.34. The van der Waals surface area contributed by atoms with Gasteiger partial charge in [0.1, 0.15) is 5.69 Å². The average molecular weight is 439 g/mol. The first-order chi connectivity index (χ1) is 15.0. The minimum atomic E-state index is -0.0745. The molecule has 3 heterocycles. The van der Waals surface area contributed by atoms with Crippen molar-refractivity contribution in [3.63, 3.8) is 0 Å². The highest BCUT2D eigenvalue weighted by Crippen LogP contribution is 2.35. The van der Waals surface area contributed by atoms with Crippen LogP contribution in [-0.2, 0) is 0 Å². The molecule has 5 rings (SSSR count). The Morgan fingerprint density at radius 3 is 2.35 bits per heavy atom. The number of imidazole rings is 1. The van der Waals surface area contributed by atoms with E-state index in [1.165, 1.54) is 32.1 Å². The number of piperazine rings is 1. The highest BCUT2D eigenvalue weighted by Gasteiger charge is 2.28. The van der Waals surface area contributed by atoms with Gasteiger partial charge in [-0.25, -0.2) is 4.98 Å². The molecule has 2 aromatic heterocycles. The summed E-state index contributed by atoms with van der Waals surface area (Å²) in [5.41, 5.74) is 2.02. The lowest BCUT2D eigenvalue weighted by Gasteiger charge is -2.40. The van der Waals surface area contributed by atoms with Crippen LogP contribution >= 0.6 is 11.3 Å². The number of benzene rings is 1. The predicted octanol–water partition coefficient (Wildman–Crippen LogP) is 5.12. The highest BCUT2D eigenvalue weighted by atomic mass is 32.1. The summed E-state index contributed by atoms with van der Waals surface area (Å²) >= 11 is 1.70. The first-order valence-corrected chi connectivity index (χ1v) is 12.5. The zero-order valence-electron chi connectivity index (χ0n) is 19.0. The van der Waals surface area contributed by atoms with E-state index in [0.717, 1.165) is 59.4 Å². The Morgan fingerprint density at radius 1 is 0.968 bits per heavy atom.